The number of allylic oxidation sites excluding steroid dienone is 7. The molecule has 0 spiro atoms. The van der Waals surface area contributed by atoms with Gasteiger partial charge in [-0.15, -0.1) is 0 Å². The Morgan fingerprint density at radius 1 is 0.348 bits per heavy atom. The third-order valence-electron chi connectivity index (χ3n) is 14.6. The molecule has 0 saturated carbocycles. The van der Waals surface area contributed by atoms with Crippen LogP contribution in [-0.2, 0) is 4.79 Å². The van der Waals surface area contributed by atoms with Crippen LogP contribution in [0.2, 0.25) is 0 Å². The Kier molecular flexibility index (Phi) is 59.2. The highest BCUT2D eigenvalue weighted by Crippen LogP contribution is 2.18. The van der Waals surface area contributed by atoms with Crippen LogP contribution in [0.3, 0.4) is 0 Å². The maximum atomic E-state index is 12.5. The van der Waals surface area contributed by atoms with Crippen molar-refractivity contribution in [3.8, 4) is 0 Å². The predicted octanol–water partition coefficient (Wildman–Crippen LogP) is 21.0. The predicted molar refractivity (Wildman–Crippen MR) is 308 cm³/mol. The van der Waals surface area contributed by atoms with Crippen LogP contribution >= 0.6 is 0 Å². The van der Waals surface area contributed by atoms with Crippen molar-refractivity contribution in [1.82, 2.24) is 5.32 Å². The van der Waals surface area contributed by atoms with Crippen LogP contribution in [-0.4, -0.2) is 34.9 Å². The molecule has 2 atom stereocenters. The quantitative estimate of drug-likeness (QED) is 0.0420. The lowest BCUT2D eigenvalue weighted by Gasteiger charge is -2.20. The van der Waals surface area contributed by atoms with Crippen LogP contribution in [0.15, 0.2) is 48.6 Å². The average Bonchev–Trinajstić information content (AvgIpc) is 3.35. The Hall–Kier alpha value is -1.65. The molecular formula is C65H123NO3. The molecule has 0 aromatic rings. The van der Waals surface area contributed by atoms with Crippen molar-refractivity contribution in [3.05, 3.63) is 48.6 Å². The van der Waals surface area contributed by atoms with Gasteiger partial charge in [-0.3, -0.25) is 4.79 Å². The highest BCUT2D eigenvalue weighted by Gasteiger charge is 2.18. The molecule has 0 bridgehead atoms. The summed E-state index contributed by atoms with van der Waals surface area (Å²) in [7, 11) is 0. The van der Waals surface area contributed by atoms with Crippen LogP contribution in [0.1, 0.15) is 341 Å². The van der Waals surface area contributed by atoms with Crippen LogP contribution in [0.5, 0.6) is 0 Å². The highest BCUT2D eigenvalue weighted by molar-refractivity contribution is 5.76. The third kappa shape index (κ3) is 57.1. The van der Waals surface area contributed by atoms with Crippen LogP contribution in [0.4, 0.5) is 0 Å². The number of unbranched alkanes of at least 4 members (excludes halogenated alkanes) is 45. The van der Waals surface area contributed by atoms with Gasteiger partial charge in [0.2, 0.25) is 5.91 Å². The maximum absolute atomic E-state index is 12.5. The molecule has 1 amide bonds. The minimum absolute atomic E-state index is 0.0579. The van der Waals surface area contributed by atoms with Crippen molar-refractivity contribution in [1.29, 1.82) is 0 Å². The fourth-order valence-corrected chi connectivity index (χ4v) is 9.78. The Morgan fingerprint density at radius 2 is 0.594 bits per heavy atom. The van der Waals surface area contributed by atoms with Gasteiger partial charge in [0.1, 0.15) is 0 Å². The molecule has 4 nitrogen and oxygen atoms in total. The molecule has 0 aromatic carbocycles. The minimum atomic E-state index is -0.839. The topological polar surface area (TPSA) is 69.6 Å². The number of amides is 1. The molecule has 0 aliphatic carbocycles. The van der Waals surface area contributed by atoms with Crippen molar-refractivity contribution in [2.24, 2.45) is 0 Å². The molecular weight excluding hydrogens is 843 g/mol. The van der Waals surface area contributed by atoms with Crippen LogP contribution in [0, 0.1) is 0 Å². The molecule has 0 fully saturated rings. The van der Waals surface area contributed by atoms with Gasteiger partial charge in [-0.25, -0.2) is 0 Å². The second-order valence-electron chi connectivity index (χ2n) is 21.5. The fraction of sp³-hybridized carbons (Fsp3) is 0.862. The Morgan fingerprint density at radius 3 is 0.884 bits per heavy atom. The van der Waals surface area contributed by atoms with Crippen molar-refractivity contribution in [2.45, 2.75) is 353 Å². The summed E-state index contributed by atoms with van der Waals surface area (Å²) in [5.74, 6) is -0.0579. The van der Waals surface area contributed by atoms with Crippen molar-refractivity contribution >= 4 is 5.91 Å². The molecule has 69 heavy (non-hydrogen) atoms. The van der Waals surface area contributed by atoms with Gasteiger partial charge in [0, 0.05) is 6.42 Å². The van der Waals surface area contributed by atoms with E-state index in [-0.39, 0.29) is 12.5 Å². The van der Waals surface area contributed by atoms with E-state index >= 15 is 0 Å². The molecule has 3 N–H and O–H groups in total. The standard InChI is InChI=1S/C65H123NO3/c1-3-5-7-9-11-13-15-17-19-21-23-25-26-27-28-29-30-31-32-33-34-35-36-37-38-39-40-41-43-45-47-49-51-53-55-57-59-61-65(69)66-63(62-67)64(68)60-58-56-54-52-50-48-46-44-42-24-22-20-18-16-14-12-10-8-6-4-2/h15,17,21,23,26-27,58,60,63-64,67-68H,3-14,16,18-20,22,24-25,28-57,59,61-62H2,1-2H3,(H,66,69)/b17-15-,23-21-,27-26-,60-58+. The Balaban J connectivity index is 3.43. The lowest BCUT2D eigenvalue weighted by molar-refractivity contribution is -0.123. The second kappa shape index (κ2) is 60.7. The van der Waals surface area contributed by atoms with Crippen molar-refractivity contribution < 1.29 is 15.0 Å². The molecule has 0 heterocycles. The number of carbonyl (C=O) groups excluding carboxylic acids is 1. The first kappa shape index (κ1) is 67.3. The molecule has 0 radical (unpaired) electrons. The third-order valence-corrected chi connectivity index (χ3v) is 14.6. The van der Waals surface area contributed by atoms with E-state index in [1.54, 1.807) is 6.08 Å². The number of carbonyl (C=O) groups is 1. The molecule has 0 aliphatic heterocycles. The van der Waals surface area contributed by atoms with E-state index in [2.05, 4.69) is 55.6 Å². The van der Waals surface area contributed by atoms with Gasteiger partial charge >= 0.3 is 0 Å². The first-order valence-electron chi connectivity index (χ1n) is 31.4. The van der Waals surface area contributed by atoms with Crippen LogP contribution < -0.4 is 5.32 Å². The first-order chi connectivity index (χ1) is 34.2. The van der Waals surface area contributed by atoms with E-state index in [0.717, 1.165) is 38.5 Å². The summed E-state index contributed by atoms with van der Waals surface area (Å²) in [6, 6.07) is -0.622. The molecule has 0 saturated heterocycles. The molecule has 2 unspecified atom stereocenters. The normalized spacial score (nSPS) is 13.0. The minimum Gasteiger partial charge on any atom is -0.394 e. The lowest BCUT2D eigenvalue weighted by Crippen LogP contribution is -2.45. The molecule has 0 aliphatic rings. The summed E-state index contributed by atoms with van der Waals surface area (Å²) in [5.41, 5.74) is 0. The molecule has 406 valence electrons. The SMILES string of the molecule is CCCCCCC/C=C\C/C=C\C/C=C\CCCCCCCCCCCCCCCCCCCCCCCCC(=O)NC(CO)C(O)/C=C/CCCCCCCCCCCCCCCCCCCC. The molecule has 0 rings (SSSR count). The average molecular weight is 967 g/mol. The number of nitrogens with one attached hydrogen (secondary N) is 1. The zero-order valence-corrected chi connectivity index (χ0v) is 46.8. The van der Waals surface area contributed by atoms with Gasteiger partial charge in [0.25, 0.3) is 0 Å². The van der Waals surface area contributed by atoms with E-state index < -0.39 is 12.1 Å². The summed E-state index contributed by atoms with van der Waals surface area (Å²) in [6.45, 7) is 4.33. The summed E-state index contributed by atoms with van der Waals surface area (Å²) in [5, 5.41) is 23.2. The lowest BCUT2D eigenvalue weighted by atomic mass is 10.0. The van der Waals surface area contributed by atoms with E-state index in [1.165, 1.54) is 283 Å². The largest absolute Gasteiger partial charge is 0.394 e. The smallest absolute Gasteiger partial charge is 0.220 e. The monoisotopic (exact) mass is 966 g/mol. The Bertz CT molecular complexity index is 1090. The van der Waals surface area contributed by atoms with Gasteiger partial charge in [-0.2, -0.15) is 0 Å². The zero-order valence-electron chi connectivity index (χ0n) is 46.8. The van der Waals surface area contributed by atoms with Gasteiger partial charge < -0.3 is 15.5 Å². The second-order valence-corrected chi connectivity index (χ2v) is 21.5. The highest BCUT2D eigenvalue weighted by atomic mass is 16.3. The van der Waals surface area contributed by atoms with E-state index in [1.807, 2.05) is 6.08 Å². The fourth-order valence-electron chi connectivity index (χ4n) is 9.78. The summed E-state index contributed by atoms with van der Waals surface area (Å²) >= 11 is 0. The van der Waals surface area contributed by atoms with Crippen molar-refractivity contribution in [2.75, 3.05) is 6.61 Å². The number of hydrogen-bond acceptors (Lipinski definition) is 3. The Labute approximate surface area is 433 Å². The van der Waals surface area contributed by atoms with Gasteiger partial charge in [-0.05, 0) is 57.8 Å². The summed E-state index contributed by atoms with van der Waals surface area (Å²) < 4.78 is 0. The number of aliphatic hydroxyl groups excluding tert-OH is 2. The summed E-state index contributed by atoms with van der Waals surface area (Å²) in [6.07, 6.45) is 84.5. The number of hydrogen-bond donors (Lipinski definition) is 3. The van der Waals surface area contributed by atoms with Gasteiger partial charge in [0.05, 0.1) is 18.8 Å². The van der Waals surface area contributed by atoms with Crippen LogP contribution in [0.25, 0.3) is 0 Å². The van der Waals surface area contributed by atoms with Crippen molar-refractivity contribution in [3.63, 3.8) is 0 Å². The van der Waals surface area contributed by atoms with E-state index in [0.29, 0.717) is 6.42 Å². The zero-order chi connectivity index (χ0) is 49.9. The number of aliphatic hydroxyl groups is 2. The number of rotatable bonds is 58. The first-order valence-corrected chi connectivity index (χ1v) is 31.4. The molecule has 0 aromatic heterocycles. The van der Waals surface area contributed by atoms with Gasteiger partial charge in [-0.1, -0.05) is 326 Å². The summed E-state index contributed by atoms with van der Waals surface area (Å²) in [4.78, 5) is 12.5. The molecule has 4 heteroatoms. The maximum Gasteiger partial charge on any atom is 0.220 e. The van der Waals surface area contributed by atoms with E-state index in [4.69, 9.17) is 0 Å². The van der Waals surface area contributed by atoms with Gasteiger partial charge in [0.15, 0.2) is 0 Å². The van der Waals surface area contributed by atoms with E-state index in [9.17, 15) is 15.0 Å².